The molecule has 0 atom stereocenters. The summed E-state index contributed by atoms with van der Waals surface area (Å²) < 4.78 is 0. The van der Waals surface area contributed by atoms with Gasteiger partial charge in [0.15, 0.2) is 0 Å². The number of aromatic nitrogens is 4. The van der Waals surface area contributed by atoms with Gasteiger partial charge in [0.05, 0.1) is 18.7 Å². The first kappa shape index (κ1) is 13.2. The number of likely N-dealkylation sites (tertiary alicyclic amines) is 1. The molecule has 3 heterocycles. The maximum Gasteiger partial charge on any atom is 0.246 e. The largest absolute Gasteiger partial charge is 0.386 e. The third-order valence-electron chi connectivity index (χ3n) is 3.49. The van der Waals surface area contributed by atoms with Crippen LogP contribution in [0.15, 0.2) is 16.8 Å². The van der Waals surface area contributed by atoms with Gasteiger partial charge in [0, 0.05) is 10.9 Å². The van der Waals surface area contributed by atoms with Gasteiger partial charge in [-0.15, -0.1) is 10.2 Å². The topological polar surface area (TPSA) is 84.1 Å². The van der Waals surface area contributed by atoms with E-state index in [2.05, 4.69) is 15.4 Å². The molecule has 2 aromatic rings. The molecule has 0 aromatic carbocycles. The molecule has 1 fully saturated rings. The SMILES string of the molecule is CCC1(O)CN(C(=O)Cn2nnc(-c3ccsc3)n2)C1. The van der Waals surface area contributed by atoms with E-state index in [1.165, 1.54) is 4.80 Å². The number of aliphatic hydroxyl groups is 1. The van der Waals surface area contributed by atoms with Gasteiger partial charge in [-0.05, 0) is 23.1 Å². The van der Waals surface area contributed by atoms with E-state index in [9.17, 15) is 9.90 Å². The number of hydrogen-bond donors (Lipinski definition) is 1. The average molecular weight is 293 g/mol. The summed E-state index contributed by atoms with van der Waals surface area (Å²) in [5.41, 5.74) is 0.186. The highest BCUT2D eigenvalue weighted by atomic mass is 32.1. The first-order valence-electron chi connectivity index (χ1n) is 6.40. The maximum absolute atomic E-state index is 12.0. The molecule has 1 saturated heterocycles. The lowest BCUT2D eigenvalue weighted by Gasteiger charge is -2.45. The van der Waals surface area contributed by atoms with Crippen molar-refractivity contribution >= 4 is 17.2 Å². The molecule has 0 unspecified atom stereocenters. The molecule has 20 heavy (non-hydrogen) atoms. The molecular formula is C12H15N5O2S. The predicted molar refractivity (Wildman–Crippen MR) is 73.0 cm³/mol. The van der Waals surface area contributed by atoms with Crippen molar-refractivity contribution in [3.8, 4) is 11.4 Å². The average Bonchev–Trinajstić information content (AvgIpc) is 3.04. The third kappa shape index (κ3) is 2.44. The van der Waals surface area contributed by atoms with Crippen LogP contribution in [0.25, 0.3) is 11.4 Å². The number of thiophene rings is 1. The van der Waals surface area contributed by atoms with Crippen molar-refractivity contribution in [2.24, 2.45) is 0 Å². The molecular weight excluding hydrogens is 278 g/mol. The second-order valence-corrected chi connectivity index (χ2v) is 5.76. The Morgan fingerprint density at radius 3 is 3.00 bits per heavy atom. The summed E-state index contributed by atoms with van der Waals surface area (Å²) in [4.78, 5) is 14.9. The van der Waals surface area contributed by atoms with E-state index in [0.29, 0.717) is 25.3 Å². The molecule has 0 radical (unpaired) electrons. The van der Waals surface area contributed by atoms with E-state index in [1.807, 2.05) is 23.8 Å². The number of carbonyl (C=O) groups is 1. The Morgan fingerprint density at radius 2 is 2.35 bits per heavy atom. The lowest BCUT2D eigenvalue weighted by atomic mass is 9.91. The van der Waals surface area contributed by atoms with E-state index in [4.69, 9.17) is 0 Å². The second-order valence-electron chi connectivity index (χ2n) is 4.98. The number of nitrogens with zero attached hydrogens (tertiary/aromatic N) is 5. The molecule has 3 rings (SSSR count). The molecule has 2 aromatic heterocycles. The quantitative estimate of drug-likeness (QED) is 0.881. The van der Waals surface area contributed by atoms with Gasteiger partial charge in [-0.1, -0.05) is 6.92 Å². The van der Waals surface area contributed by atoms with E-state index in [-0.39, 0.29) is 12.5 Å². The minimum atomic E-state index is -0.715. The number of β-amino-alcohol motifs (C(OH)–C–C–N with tert-alkyl or cyclic N) is 1. The Bertz CT molecular complexity index is 603. The first-order chi connectivity index (χ1) is 9.59. The Hall–Kier alpha value is -1.80. The Balaban J connectivity index is 1.60. The monoisotopic (exact) mass is 293 g/mol. The minimum absolute atomic E-state index is 0.0525. The van der Waals surface area contributed by atoms with Crippen LogP contribution in [-0.2, 0) is 11.3 Å². The zero-order valence-electron chi connectivity index (χ0n) is 11.1. The van der Waals surface area contributed by atoms with Gasteiger partial charge >= 0.3 is 0 Å². The van der Waals surface area contributed by atoms with Crippen LogP contribution in [0.2, 0.25) is 0 Å². The number of tetrazole rings is 1. The fraction of sp³-hybridized carbons (Fsp3) is 0.500. The van der Waals surface area contributed by atoms with Crippen LogP contribution >= 0.6 is 11.3 Å². The van der Waals surface area contributed by atoms with Gasteiger partial charge in [-0.2, -0.15) is 16.1 Å². The van der Waals surface area contributed by atoms with Gasteiger partial charge in [0.2, 0.25) is 11.7 Å². The molecule has 7 nitrogen and oxygen atoms in total. The molecule has 1 aliphatic rings. The number of hydrogen-bond acceptors (Lipinski definition) is 6. The molecule has 8 heteroatoms. The van der Waals surface area contributed by atoms with Crippen molar-refractivity contribution in [1.29, 1.82) is 0 Å². The summed E-state index contributed by atoms with van der Waals surface area (Å²) in [5.74, 6) is 0.421. The normalized spacial score (nSPS) is 17.0. The van der Waals surface area contributed by atoms with E-state index in [0.717, 1.165) is 5.56 Å². The van der Waals surface area contributed by atoms with Gasteiger partial charge in [-0.3, -0.25) is 4.79 Å². The van der Waals surface area contributed by atoms with Gasteiger partial charge < -0.3 is 10.0 Å². The summed E-state index contributed by atoms with van der Waals surface area (Å²) in [7, 11) is 0. The summed E-state index contributed by atoms with van der Waals surface area (Å²) in [6, 6.07) is 1.91. The van der Waals surface area contributed by atoms with Crippen molar-refractivity contribution in [1.82, 2.24) is 25.1 Å². The lowest BCUT2D eigenvalue weighted by molar-refractivity contribution is -0.156. The van der Waals surface area contributed by atoms with Crippen LogP contribution in [0.4, 0.5) is 0 Å². The molecule has 106 valence electrons. The van der Waals surface area contributed by atoms with Gasteiger partial charge in [-0.25, -0.2) is 0 Å². The van der Waals surface area contributed by atoms with Crippen LogP contribution in [-0.4, -0.2) is 54.8 Å². The number of rotatable bonds is 4. The molecule has 1 aliphatic heterocycles. The van der Waals surface area contributed by atoms with E-state index in [1.54, 1.807) is 16.2 Å². The third-order valence-corrected chi connectivity index (χ3v) is 4.17. The van der Waals surface area contributed by atoms with Crippen LogP contribution < -0.4 is 0 Å². The van der Waals surface area contributed by atoms with Crippen molar-refractivity contribution in [3.05, 3.63) is 16.8 Å². The Kier molecular flexibility index (Phi) is 3.27. The fourth-order valence-corrected chi connectivity index (χ4v) is 2.74. The lowest BCUT2D eigenvalue weighted by Crippen LogP contribution is -2.63. The molecule has 0 bridgehead atoms. The minimum Gasteiger partial charge on any atom is -0.386 e. The number of amides is 1. The maximum atomic E-state index is 12.0. The standard InChI is InChI=1S/C12H15N5O2S/c1-2-12(19)7-16(8-12)10(18)5-17-14-11(13-15-17)9-3-4-20-6-9/h3-4,6,19H,2,5,7-8H2,1H3. The summed E-state index contributed by atoms with van der Waals surface area (Å²) in [5, 5.41) is 25.7. The van der Waals surface area contributed by atoms with Crippen LogP contribution in [0.5, 0.6) is 0 Å². The molecule has 0 saturated carbocycles. The Labute approximate surface area is 119 Å². The fourth-order valence-electron chi connectivity index (χ4n) is 2.10. The van der Waals surface area contributed by atoms with E-state index < -0.39 is 5.60 Å². The predicted octanol–water partition coefficient (Wildman–Crippen LogP) is 0.385. The summed E-state index contributed by atoms with van der Waals surface area (Å²) >= 11 is 1.56. The van der Waals surface area contributed by atoms with Gasteiger partial charge in [0.1, 0.15) is 6.54 Å². The Morgan fingerprint density at radius 1 is 1.55 bits per heavy atom. The first-order valence-corrected chi connectivity index (χ1v) is 7.34. The van der Waals surface area contributed by atoms with Crippen molar-refractivity contribution in [3.63, 3.8) is 0 Å². The highest BCUT2D eigenvalue weighted by Gasteiger charge is 2.41. The van der Waals surface area contributed by atoms with Crippen LogP contribution in [0, 0.1) is 0 Å². The highest BCUT2D eigenvalue weighted by molar-refractivity contribution is 7.08. The van der Waals surface area contributed by atoms with Crippen LogP contribution in [0.1, 0.15) is 13.3 Å². The van der Waals surface area contributed by atoms with Gasteiger partial charge in [0.25, 0.3) is 0 Å². The van der Waals surface area contributed by atoms with Crippen molar-refractivity contribution in [2.75, 3.05) is 13.1 Å². The molecule has 1 amide bonds. The summed E-state index contributed by atoms with van der Waals surface area (Å²) in [6.45, 7) is 2.73. The highest BCUT2D eigenvalue weighted by Crippen LogP contribution is 2.24. The zero-order valence-corrected chi connectivity index (χ0v) is 11.9. The molecule has 1 N–H and O–H groups in total. The van der Waals surface area contributed by atoms with Crippen LogP contribution in [0.3, 0.4) is 0 Å². The smallest absolute Gasteiger partial charge is 0.246 e. The van der Waals surface area contributed by atoms with E-state index >= 15 is 0 Å². The zero-order chi connectivity index (χ0) is 14.2. The van der Waals surface area contributed by atoms with Crippen molar-refractivity contribution < 1.29 is 9.90 Å². The molecule has 0 aliphatic carbocycles. The summed E-state index contributed by atoms with van der Waals surface area (Å²) in [6.07, 6.45) is 0.653. The molecule has 0 spiro atoms. The number of carbonyl (C=O) groups excluding carboxylic acids is 1. The second kappa shape index (κ2) is 4.95. The van der Waals surface area contributed by atoms with Crippen molar-refractivity contribution in [2.45, 2.75) is 25.5 Å².